The van der Waals surface area contributed by atoms with Gasteiger partial charge in [-0.25, -0.2) is 0 Å². The van der Waals surface area contributed by atoms with E-state index in [1.54, 1.807) is 26.9 Å². The Balaban J connectivity index is 1.76. The van der Waals surface area contributed by atoms with Gasteiger partial charge in [0, 0.05) is 38.5 Å². The van der Waals surface area contributed by atoms with Crippen LogP contribution in [-0.2, 0) is 19.1 Å². The number of carbonyl (C=O) groups is 3. The van der Waals surface area contributed by atoms with Crippen molar-refractivity contribution in [1.82, 2.24) is 9.80 Å². The second kappa shape index (κ2) is 14.3. The molecule has 1 aromatic rings. The molecule has 3 heterocycles. The highest BCUT2D eigenvalue weighted by atomic mass is 16.5. The first-order valence-corrected chi connectivity index (χ1v) is 16.3. The van der Waals surface area contributed by atoms with Crippen LogP contribution in [0.2, 0.25) is 0 Å². The van der Waals surface area contributed by atoms with Gasteiger partial charge in [0.05, 0.1) is 24.0 Å². The van der Waals surface area contributed by atoms with Gasteiger partial charge in [-0.1, -0.05) is 38.8 Å². The highest BCUT2D eigenvalue weighted by molar-refractivity contribution is 6.03. The quantitative estimate of drug-likeness (QED) is 0.205. The molecule has 1 spiro atoms. The van der Waals surface area contributed by atoms with Crippen molar-refractivity contribution in [2.75, 3.05) is 44.3 Å². The van der Waals surface area contributed by atoms with E-state index in [9.17, 15) is 19.5 Å². The lowest BCUT2D eigenvalue weighted by atomic mass is 9.62. The summed E-state index contributed by atoms with van der Waals surface area (Å²) < 4.78 is 12.6. The van der Waals surface area contributed by atoms with Gasteiger partial charge in [-0.05, 0) is 69.7 Å². The molecule has 3 aliphatic rings. The van der Waals surface area contributed by atoms with Crippen molar-refractivity contribution in [3.05, 3.63) is 49.6 Å². The summed E-state index contributed by atoms with van der Waals surface area (Å²) in [5.41, 5.74) is -1.37. The van der Waals surface area contributed by atoms with Gasteiger partial charge < -0.3 is 29.3 Å². The summed E-state index contributed by atoms with van der Waals surface area (Å²) in [5, 5.41) is 9.49. The van der Waals surface area contributed by atoms with Crippen molar-refractivity contribution >= 4 is 23.4 Å². The largest absolute Gasteiger partial charge is 0.494 e. The third kappa shape index (κ3) is 5.93. The molecule has 9 nitrogen and oxygen atoms in total. The van der Waals surface area contributed by atoms with Gasteiger partial charge in [0.25, 0.3) is 0 Å². The minimum atomic E-state index is -1.12. The standard InChI is InChI=1S/C35H51N3O6/c1-7-11-12-21-36(19-8-2)33(42)30-35-24-25(5)34(6,44-35)28(29(35)32(41)38(30)22-13-14-23-39)31(40)37(20-9-3)26-15-17-27(18-16-26)43-10-4/h8-9,15-18,25,28-30,39H,2-3,7,10-14,19-24H2,1,4-6H3/t25?,28-,29+,30?,34+,35?/m1/s1. The van der Waals surface area contributed by atoms with Crippen molar-refractivity contribution in [2.45, 2.75) is 83.5 Å². The molecule has 44 heavy (non-hydrogen) atoms. The molecule has 3 aliphatic heterocycles. The smallest absolute Gasteiger partial charge is 0.248 e. The van der Waals surface area contributed by atoms with E-state index in [2.05, 4.69) is 27.0 Å². The Labute approximate surface area is 262 Å². The molecule has 3 amide bonds. The lowest BCUT2D eigenvalue weighted by Gasteiger charge is -2.39. The number of rotatable bonds is 17. The molecule has 1 aromatic carbocycles. The maximum Gasteiger partial charge on any atom is 0.248 e. The Hall–Kier alpha value is -3.17. The number of unbranched alkanes of at least 4 members (excludes halogenated alkanes) is 3. The topological polar surface area (TPSA) is 99.6 Å². The monoisotopic (exact) mass is 609 g/mol. The summed E-state index contributed by atoms with van der Waals surface area (Å²) in [6.07, 6.45) is 7.84. The molecule has 3 fully saturated rings. The summed E-state index contributed by atoms with van der Waals surface area (Å²) in [7, 11) is 0. The molecule has 3 unspecified atom stereocenters. The van der Waals surface area contributed by atoms with Crippen LogP contribution >= 0.6 is 0 Å². The van der Waals surface area contributed by atoms with Crippen LogP contribution in [0, 0.1) is 17.8 Å². The molecule has 0 saturated carbocycles. The third-order valence-corrected chi connectivity index (χ3v) is 9.85. The van der Waals surface area contributed by atoms with Crippen LogP contribution in [0.3, 0.4) is 0 Å². The molecule has 6 atom stereocenters. The predicted octanol–water partition coefficient (Wildman–Crippen LogP) is 4.59. The Bertz CT molecular complexity index is 1200. The van der Waals surface area contributed by atoms with E-state index < -0.39 is 29.1 Å². The Morgan fingerprint density at radius 3 is 2.41 bits per heavy atom. The number of carbonyl (C=O) groups excluding carboxylic acids is 3. The predicted molar refractivity (Wildman–Crippen MR) is 171 cm³/mol. The van der Waals surface area contributed by atoms with Gasteiger partial charge >= 0.3 is 0 Å². The number of aliphatic hydroxyl groups excluding tert-OH is 1. The number of hydrogen-bond acceptors (Lipinski definition) is 6. The maximum absolute atomic E-state index is 14.7. The number of hydrogen-bond donors (Lipinski definition) is 1. The van der Waals surface area contributed by atoms with E-state index in [4.69, 9.17) is 9.47 Å². The lowest BCUT2D eigenvalue weighted by molar-refractivity contribution is -0.152. The van der Waals surface area contributed by atoms with E-state index in [1.807, 2.05) is 38.1 Å². The number of ether oxygens (including phenoxy) is 2. The lowest BCUT2D eigenvalue weighted by Crippen LogP contribution is -2.57. The van der Waals surface area contributed by atoms with Crippen LogP contribution in [0.15, 0.2) is 49.6 Å². The van der Waals surface area contributed by atoms with Gasteiger partial charge in [-0.15, -0.1) is 13.2 Å². The van der Waals surface area contributed by atoms with E-state index in [0.717, 1.165) is 19.3 Å². The molecule has 9 heteroatoms. The zero-order valence-corrected chi connectivity index (χ0v) is 27.0. The number of fused-ring (bicyclic) bond motifs is 1. The molecule has 242 valence electrons. The molecule has 4 rings (SSSR count). The van der Waals surface area contributed by atoms with Crippen LogP contribution in [0.25, 0.3) is 0 Å². The Morgan fingerprint density at radius 2 is 1.80 bits per heavy atom. The fourth-order valence-electron chi connectivity index (χ4n) is 7.71. The fraction of sp³-hybridized carbons (Fsp3) is 0.629. The van der Waals surface area contributed by atoms with Crippen molar-refractivity contribution in [2.24, 2.45) is 17.8 Å². The first kappa shape index (κ1) is 33.7. The minimum Gasteiger partial charge on any atom is -0.494 e. The summed E-state index contributed by atoms with van der Waals surface area (Å²) in [6.45, 7) is 17.9. The maximum atomic E-state index is 14.7. The number of nitrogens with zero attached hydrogens (tertiary/aromatic N) is 3. The fourth-order valence-corrected chi connectivity index (χ4v) is 7.71. The number of aliphatic hydroxyl groups is 1. The van der Waals surface area contributed by atoms with Gasteiger partial charge in [-0.3, -0.25) is 14.4 Å². The van der Waals surface area contributed by atoms with Crippen molar-refractivity contribution < 1.29 is 29.0 Å². The Kier molecular flexibility index (Phi) is 10.9. The summed E-state index contributed by atoms with van der Waals surface area (Å²) in [6, 6.07) is 6.50. The minimum absolute atomic E-state index is 0.000136. The molecule has 3 saturated heterocycles. The first-order chi connectivity index (χ1) is 21.1. The first-order valence-electron chi connectivity index (χ1n) is 16.3. The Morgan fingerprint density at radius 1 is 1.09 bits per heavy atom. The molecular formula is C35H51N3O6. The van der Waals surface area contributed by atoms with E-state index >= 15 is 0 Å². The number of amides is 3. The van der Waals surface area contributed by atoms with Crippen molar-refractivity contribution in [1.29, 1.82) is 0 Å². The molecule has 1 N–H and O–H groups in total. The van der Waals surface area contributed by atoms with Crippen LogP contribution in [0.4, 0.5) is 5.69 Å². The van der Waals surface area contributed by atoms with Crippen LogP contribution in [0.1, 0.15) is 66.2 Å². The summed E-state index contributed by atoms with van der Waals surface area (Å²) >= 11 is 0. The van der Waals surface area contributed by atoms with Crippen molar-refractivity contribution in [3.8, 4) is 5.75 Å². The van der Waals surface area contributed by atoms with Gasteiger partial charge in [0.15, 0.2) is 0 Å². The van der Waals surface area contributed by atoms with Gasteiger partial charge in [0.2, 0.25) is 17.7 Å². The van der Waals surface area contributed by atoms with Crippen LogP contribution in [-0.4, -0.2) is 89.3 Å². The van der Waals surface area contributed by atoms with Gasteiger partial charge in [0.1, 0.15) is 17.4 Å². The normalized spacial score (nSPS) is 28.6. The average Bonchev–Trinajstić information content (AvgIpc) is 3.52. The average molecular weight is 610 g/mol. The van der Waals surface area contributed by atoms with E-state index in [0.29, 0.717) is 56.9 Å². The number of benzene rings is 1. The van der Waals surface area contributed by atoms with Crippen LogP contribution in [0.5, 0.6) is 5.75 Å². The molecule has 0 aliphatic carbocycles. The molecular weight excluding hydrogens is 558 g/mol. The SMILES string of the molecule is C=CCN(CCCCC)C(=O)C1N(CCCCO)C(=O)[C@@H]2[C@H](C(=O)N(CC=C)c3ccc(OCC)cc3)[C@@]3(C)OC12CC3C. The molecule has 0 aromatic heterocycles. The molecule has 2 bridgehead atoms. The van der Waals surface area contributed by atoms with E-state index in [-0.39, 0.29) is 36.8 Å². The number of likely N-dealkylation sites (tertiary alicyclic amines) is 1. The highest BCUT2D eigenvalue weighted by Gasteiger charge is 2.80. The van der Waals surface area contributed by atoms with Gasteiger partial charge in [-0.2, -0.15) is 0 Å². The summed E-state index contributed by atoms with van der Waals surface area (Å²) in [4.78, 5) is 48.8. The zero-order chi connectivity index (χ0) is 32.1. The third-order valence-electron chi connectivity index (χ3n) is 9.85. The second-order valence-electron chi connectivity index (χ2n) is 12.6. The highest BCUT2D eigenvalue weighted by Crippen LogP contribution is 2.65. The number of anilines is 1. The van der Waals surface area contributed by atoms with E-state index in [1.165, 1.54) is 0 Å². The van der Waals surface area contributed by atoms with Crippen molar-refractivity contribution in [3.63, 3.8) is 0 Å². The second-order valence-corrected chi connectivity index (χ2v) is 12.6. The summed E-state index contributed by atoms with van der Waals surface area (Å²) in [5.74, 6) is -1.51. The van der Waals surface area contributed by atoms with Crippen LogP contribution < -0.4 is 9.64 Å². The molecule has 0 radical (unpaired) electrons. The zero-order valence-electron chi connectivity index (χ0n) is 27.0.